The second kappa shape index (κ2) is 10.9. The van der Waals surface area contributed by atoms with Crippen molar-refractivity contribution in [1.82, 2.24) is 5.32 Å². The second-order valence-corrected chi connectivity index (χ2v) is 9.83. The van der Waals surface area contributed by atoms with Crippen LogP contribution >= 0.6 is 0 Å². The Labute approximate surface area is 217 Å². The lowest BCUT2D eigenvalue weighted by atomic mass is 9.82. The van der Waals surface area contributed by atoms with Crippen LogP contribution in [0.5, 0.6) is 0 Å². The highest BCUT2D eigenvalue weighted by Gasteiger charge is 2.35. The number of nitrogens with one attached hydrogen (secondary N) is 3. The molecule has 9 heteroatoms. The molecule has 2 heterocycles. The summed E-state index contributed by atoms with van der Waals surface area (Å²) in [6, 6.07) is 10.6. The van der Waals surface area contributed by atoms with Gasteiger partial charge in [-0.25, -0.2) is 4.39 Å². The molecule has 0 aromatic heterocycles. The van der Waals surface area contributed by atoms with Gasteiger partial charge in [0.05, 0.1) is 33.0 Å². The third kappa shape index (κ3) is 5.62. The molecule has 0 radical (unpaired) electrons. The topological polar surface area (TPSA) is 108 Å². The van der Waals surface area contributed by atoms with Crippen LogP contribution in [0.25, 0.3) is 6.08 Å². The lowest BCUT2D eigenvalue weighted by Gasteiger charge is -2.41. The van der Waals surface area contributed by atoms with Gasteiger partial charge in [0.2, 0.25) is 0 Å². The van der Waals surface area contributed by atoms with Crippen molar-refractivity contribution in [3.8, 4) is 0 Å². The lowest BCUT2D eigenvalue weighted by molar-refractivity contribution is 0.0549. The number of halogens is 1. The minimum absolute atomic E-state index is 0.264. The number of fused-ring (bicyclic) bond motifs is 1. The number of benzene rings is 2. The molecule has 0 amide bonds. The summed E-state index contributed by atoms with van der Waals surface area (Å²) >= 11 is 0. The zero-order valence-corrected chi connectivity index (χ0v) is 21.3. The van der Waals surface area contributed by atoms with Crippen LogP contribution in [0, 0.1) is 11.2 Å². The molecule has 1 fully saturated rings. The van der Waals surface area contributed by atoms with E-state index in [1.165, 1.54) is 23.3 Å². The molecule has 5 rings (SSSR count). The average molecular weight is 507 g/mol. The van der Waals surface area contributed by atoms with E-state index in [0.29, 0.717) is 56.9 Å². The quantitative estimate of drug-likeness (QED) is 0.322. The second-order valence-electron chi connectivity index (χ2n) is 9.83. The van der Waals surface area contributed by atoms with Gasteiger partial charge in [0, 0.05) is 29.9 Å². The van der Waals surface area contributed by atoms with Crippen molar-refractivity contribution >= 4 is 29.0 Å². The molecule has 2 aliphatic heterocycles. The van der Waals surface area contributed by atoms with Gasteiger partial charge in [-0.05, 0) is 72.9 Å². The molecular formula is C28H35FN6O2. The number of aliphatic imine (C=N–C) groups is 1. The van der Waals surface area contributed by atoms with Crippen molar-refractivity contribution in [2.75, 3.05) is 49.8 Å². The zero-order valence-electron chi connectivity index (χ0n) is 21.3. The van der Waals surface area contributed by atoms with Crippen molar-refractivity contribution in [3.63, 3.8) is 0 Å². The zero-order chi connectivity index (χ0) is 25.8. The number of hydrogen-bond acceptors (Lipinski definition) is 8. The number of rotatable bonds is 8. The van der Waals surface area contributed by atoms with Crippen LogP contribution in [0.3, 0.4) is 0 Å². The van der Waals surface area contributed by atoms with Crippen molar-refractivity contribution in [2.24, 2.45) is 10.7 Å². The molecule has 2 aromatic carbocycles. The average Bonchev–Trinajstić information content (AvgIpc) is 2.86. The molecule has 5 N–H and O–H groups in total. The van der Waals surface area contributed by atoms with Gasteiger partial charge in [-0.1, -0.05) is 6.07 Å². The standard InChI is InChI=1S/C28H35FN6O2/c1-19(31)17-35(18-30)25-9-2-20(23-7-8-24(23)25)16-26-27(32-12-15-37-26)34-28(10-13-36-14-11-28)33-22-5-3-21(29)4-6-22/h2-6,9,16,31,33H,7-8,10-15,17-18,30H2,1H3,(H,32,34)/b26-16-,31-19?. The fraction of sp³-hybridized carbons (Fsp3) is 0.429. The highest BCUT2D eigenvalue weighted by Crippen LogP contribution is 2.36. The van der Waals surface area contributed by atoms with Crippen LogP contribution in [0.4, 0.5) is 15.8 Å². The number of hydrogen-bond donors (Lipinski definition) is 4. The van der Waals surface area contributed by atoms with Gasteiger partial charge in [0.1, 0.15) is 18.1 Å². The molecule has 1 aliphatic carbocycles. The summed E-state index contributed by atoms with van der Waals surface area (Å²) in [5, 5.41) is 15.1. The maximum atomic E-state index is 13.5. The SMILES string of the molecule is CC(=N)CN(CN)c1ccc(/C=C2\OCCN=C2NC2(Nc3ccc(F)cc3)CCOCC2)c2c1CC2. The summed E-state index contributed by atoms with van der Waals surface area (Å²) in [6.45, 7) is 5.02. The summed E-state index contributed by atoms with van der Waals surface area (Å²) in [6.07, 6.45) is 5.52. The molecule has 0 bridgehead atoms. The maximum absolute atomic E-state index is 13.5. The maximum Gasteiger partial charge on any atom is 0.166 e. The third-order valence-corrected chi connectivity index (χ3v) is 7.13. The first-order valence-electron chi connectivity index (χ1n) is 12.9. The molecular weight excluding hydrogens is 471 g/mol. The Morgan fingerprint density at radius 2 is 1.86 bits per heavy atom. The highest BCUT2D eigenvalue weighted by atomic mass is 19.1. The summed E-state index contributed by atoms with van der Waals surface area (Å²) in [4.78, 5) is 6.84. The van der Waals surface area contributed by atoms with Crippen molar-refractivity contribution in [1.29, 1.82) is 5.41 Å². The van der Waals surface area contributed by atoms with E-state index < -0.39 is 5.66 Å². The summed E-state index contributed by atoms with van der Waals surface area (Å²) in [7, 11) is 0. The molecule has 0 spiro atoms. The molecule has 1 saturated heterocycles. The third-order valence-electron chi connectivity index (χ3n) is 7.13. The minimum atomic E-state index is -0.490. The van der Waals surface area contributed by atoms with E-state index in [2.05, 4.69) is 33.7 Å². The van der Waals surface area contributed by atoms with E-state index in [1.54, 1.807) is 19.1 Å². The van der Waals surface area contributed by atoms with Gasteiger partial charge >= 0.3 is 0 Å². The van der Waals surface area contributed by atoms with E-state index in [0.717, 1.165) is 42.6 Å². The van der Waals surface area contributed by atoms with Gasteiger partial charge in [0.25, 0.3) is 0 Å². The van der Waals surface area contributed by atoms with Crippen LogP contribution in [0.1, 0.15) is 36.5 Å². The van der Waals surface area contributed by atoms with Crippen molar-refractivity contribution < 1.29 is 13.9 Å². The summed E-state index contributed by atoms with van der Waals surface area (Å²) < 4.78 is 25.2. The van der Waals surface area contributed by atoms with E-state index in [9.17, 15) is 4.39 Å². The fourth-order valence-electron chi connectivity index (χ4n) is 5.16. The largest absolute Gasteiger partial charge is 0.488 e. The molecule has 2 aromatic rings. The Hall–Kier alpha value is -3.43. The van der Waals surface area contributed by atoms with Gasteiger partial charge < -0.3 is 36.2 Å². The number of amidine groups is 1. The van der Waals surface area contributed by atoms with Crippen LogP contribution in [-0.4, -0.2) is 56.8 Å². The lowest BCUT2D eigenvalue weighted by Crippen LogP contribution is -2.58. The number of ether oxygens (including phenoxy) is 2. The molecule has 0 unspecified atom stereocenters. The Morgan fingerprint density at radius 3 is 2.54 bits per heavy atom. The van der Waals surface area contributed by atoms with Gasteiger partial charge in [-0.3, -0.25) is 4.99 Å². The molecule has 0 atom stereocenters. The molecule has 3 aliphatic rings. The molecule has 0 saturated carbocycles. The Balaban J connectivity index is 1.41. The van der Waals surface area contributed by atoms with Gasteiger partial charge in [-0.2, -0.15) is 0 Å². The van der Waals surface area contributed by atoms with Gasteiger partial charge in [0.15, 0.2) is 11.6 Å². The number of anilines is 2. The first kappa shape index (κ1) is 25.2. The smallest absolute Gasteiger partial charge is 0.166 e. The van der Waals surface area contributed by atoms with Crippen LogP contribution in [-0.2, 0) is 22.3 Å². The Morgan fingerprint density at radius 1 is 1.11 bits per heavy atom. The van der Waals surface area contributed by atoms with Crippen LogP contribution in [0.15, 0.2) is 47.1 Å². The summed E-state index contributed by atoms with van der Waals surface area (Å²) in [5.41, 5.74) is 11.8. The first-order valence-corrected chi connectivity index (χ1v) is 12.9. The van der Waals surface area contributed by atoms with E-state index in [4.69, 9.17) is 25.6 Å². The van der Waals surface area contributed by atoms with Crippen LogP contribution in [0.2, 0.25) is 0 Å². The van der Waals surface area contributed by atoms with Crippen LogP contribution < -0.4 is 21.3 Å². The predicted octanol–water partition coefficient (Wildman–Crippen LogP) is 3.66. The normalized spacial score (nSPS) is 19.2. The predicted molar refractivity (Wildman–Crippen MR) is 146 cm³/mol. The number of nitrogens with zero attached hydrogens (tertiary/aromatic N) is 2. The van der Waals surface area contributed by atoms with Gasteiger partial charge in [-0.15, -0.1) is 0 Å². The molecule has 37 heavy (non-hydrogen) atoms. The van der Waals surface area contributed by atoms with E-state index >= 15 is 0 Å². The van der Waals surface area contributed by atoms with E-state index in [-0.39, 0.29) is 5.82 Å². The van der Waals surface area contributed by atoms with Crippen molar-refractivity contribution in [3.05, 3.63) is 64.7 Å². The van der Waals surface area contributed by atoms with Crippen molar-refractivity contribution in [2.45, 2.75) is 38.3 Å². The molecule has 196 valence electrons. The summed E-state index contributed by atoms with van der Waals surface area (Å²) in [5.74, 6) is 1.16. The fourth-order valence-corrected chi connectivity index (χ4v) is 5.16. The minimum Gasteiger partial charge on any atom is -0.488 e. The first-order chi connectivity index (χ1) is 18.0. The Kier molecular flexibility index (Phi) is 7.43. The highest BCUT2D eigenvalue weighted by molar-refractivity contribution is 6.01. The number of nitrogens with two attached hydrogens (primary N) is 1. The van der Waals surface area contributed by atoms with E-state index in [1.807, 2.05) is 0 Å². The monoisotopic (exact) mass is 506 g/mol. The Bertz CT molecular complexity index is 1200. The molecule has 8 nitrogen and oxygen atoms in total.